The third kappa shape index (κ3) is 4.72. The molecule has 104 valence electrons. The van der Waals surface area contributed by atoms with Crippen LogP contribution in [0.25, 0.3) is 0 Å². The Hall–Kier alpha value is -1.86. The van der Waals surface area contributed by atoms with E-state index in [0.29, 0.717) is 19.0 Å². The van der Waals surface area contributed by atoms with Crippen LogP contribution in [-0.4, -0.2) is 44.8 Å². The standard InChI is InChI=1S/C12H17N3O4/c16-11(9-15-3-6-18-7-4-15)14-12(17)13-8-10-2-1-5-19-10/h1-2,5H,3-4,6-9H2,(H2,13,14,16,17)/p+1. The predicted molar refractivity (Wildman–Crippen MR) is 65.5 cm³/mol. The number of quaternary nitrogens is 1. The van der Waals surface area contributed by atoms with Gasteiger partial charge in [-0.2, -0.15) is 0 Å². The van der Waals surface area contributed by atoms with Crippen LogP contribution in [0, 0.1) is 0 Å². The molecule has 0 aromatic carbocycles. The van der Waals surface area contributed by atoms with Gasteiger partial charge in [-0.05, 0) is 12.1 Å². The number of carbonyl (C=O) groups is 2. The van der Waals surface area contributed by atoms with E-state index in [1.54, 1.807) is 12.1 Å². The normalized spacial score (nSPS) is 16.0. The lowest BCUT2D eigenvalue weighted by Gasteiger charge is -2.22. The molecule has 1 aliphatic rings. The second-order valence-electron chi connectivity index (χ2n) is 4.35. The van der Waals surface area contributed by atoms with Gasteiger partial charge in [0.25, 0.3) is 5.91 Å². The molecule has 1 aliphatic heterocycles. The Balaban J connectivity index is 1.65. The molecule has 0 atom stereocenters. The van der Waals surface area contributed by atoms with Crippen molar-refractivity contribution in [2.45, 2.75) is 6.54 Å². The number of carbonyl (C=O) groups excluding carboxylic acids is 2. The molecular formula is C12H18N3O4+. The number of amides is 3. The third-order valence-corrected chi connectivity index (χ3v) is 2.87. The van der Waals surface area contributed by atoms with Crippen LogP contribution in [0.4, 0.5) is 4.79 Å². The van der Waals surface area contributed by atoms with Crippen LogP contribution < -0.4 is 15.5 Å². The monoisotopic (exact) mass is 268 g/mol. The summed E-state index contributed by atoms with van der Waals surface area (Å²) in [6.07, 6.45) is 1.53. The first kappa shape index (κ1) is 13.6. The number of ether oxygens (including phenoxy) is 1. The van der Waals surface area contributed by atoms with Crippen molar-refractivity contribution in [1.29, 1.82) is 0 Å². The summed E-state index contributed by atoms with van der Waals surface area (Å²) in [5, 5.41) is 4.85. The van der Waals surface area contributed by atoms with Crippen molar-refractivity contribution in [3.63, 3.8) is 0 Å². The summed E-state index contributed by atoms with van der Waals surface area (Å²) >= 11 is 0. The van der Waals surface area contributed by atoms with E-state index in [1.807, 2.05) is 0 Å². The van der Waals surface area contributed by atoms with E-state index in [-0.39, 0.29) is 19.0 Å². The lowest BCUT2D eigenvalue weighted by molar-refractivity contribution is -0.900. The minimum Gasteiger partial charge on any atom is -0.467 e. The summed E-state index contributed by atoms with van der Waals surface area (Å²) in [6.45, 7) is 3.46. The fourth-order valence-corrected chi connectivity index (χ4v) is 1.86. The van der Waals surface area contributed by atoms with Crippen LogP contribution in [0.15, 0.2) is 22.8 Å². The van der Waals surface area contributed by atoms with Gasteiger partial charge in [0, 0.05) is 0 Å². The van der Waals surface area contributed by atoms with E-state index < -0.39 is 6.03 Å². The zero-order valence-electron chi connectivity index (χ0n) is 10.6. The molecule has 0 radical (unpaired) electrons. The molecule has 3 amide bonds. The van der Waals surface area contributed by atoms with E-state index in [1.165, 1.54) is 6.26 Å². The topological polar surface area (TPSA) is 85.0 Å². The first-order valence-electron chi connectivity index (χ1n) is 6.25. The maximum atomic E-state index is 11.6. The SMILES string of the molecule is O=C(C[NH+]1CCOCC1)NC(=O)NCc1ccco1. The summed E-state index contributed by atoms with van der Waals surface area (Å²) in [5.74, 6) is 0.357. The van der Waals surface area contributed by atoms with Crippen LogP contribution >= 0.6 is 0 Å². The lowest BCUT2D eigenvalue weighted by atomic mass is 10.4. The Labute approximate surface area is 110 Å². The quantitative estimate of drug-likeness (QED) is 0.622. The van der Waals surface area contributed by atoms with Crippen molar-refractivity contribution in [2.75, 3.05) is 32.8 Å². The Morgan fingerprint density at radius 2 is 2.11 bits per heavy atom. The van der Waals surface area contributed by atoms with Gasteiger partial charge < -0.3 is 19.4 Å². The highest BCUT2D eigenvalue weighted by Crippen LogP contribution is 1.97. The summed E-state index contributed by atoms with van der Waals surface area (Å²) in [5.41, 5.74) is 0. The van der Waals surface area contributed by atoms with Gasteiger partial charge in [0.15, 0.2) is 6.54 Å². The number of nitrogens with one attached hydrogen (secondary N) is 3. The second-order valence-corrected chi connectivity index (χ2v) is 4.35. The first-order valence-corrected chi connectivity index (χ1v) is 6.25. The molecule has 1 saturated heterocycles. The zero-order valence-corrected chi connectivity index (χ0v) is 10.6. The average Bonchev–Trinajstić information content (AvgIpc) is 2.90. The van der Waals surface area contributed by atoms with Crippen molar-refractivity contribution >= 4 is 11.9 Å². The molecule has 2 rings (SSSR count). The molecule has 19 heavy (non-hydrogen) atoms. The molecule has 0 spiro atoms. The molecule has 1 fully saturated rings. The molecular weight excluding hydrogens is 250 g/mol. The number of hydrogen-bond donors (Lipinski definition) is 3. The summed E-state index contributed by atoms with van der Waals surface area (Å²) in [7, 11) is 0. The maximum Gasteiger partial charge on any atom is 0.321 e. The highest BCUT2D eigenvalue weighted by atomic mass is 16.5. The van der Waals surface area contributed by atoms with E-state index >= 15 is 0 Å². The van der Waals surface area contributed by atoms with E-state index in [9.17, 15) is 9.59 Å². The smallest absolute Gasteiger partial charge is 0.321 e. The lowest BCUT2D eigenvalue weighted by Crippen LogP contribution is -3.15. The van der Waals surface area contributed by atoms with E-state index in [4.69, 9.17) is 9.15 Å². The number of imide groups is 1. The average molecular weight is 268 g/mol. The van der Waals surface area contributed by atoms with E-state index in [2.05, 4.69) is 10.6 Å². The molecule has 7 nitrogen and oxygen atoms in total. The van der Waals surface area contributed by atoms with Crippen LogP contribution in [0.1, 0.15) is 5.76 Å². The predicted octanol–water partition coefficient (Wildman–Crippen LogP) is -1.48. The molecule has 1 aromatic heterocycles. The van der Waals surface area contributed by atoms with Crippen molar-refractivity contribution in [1.82, 2.24) is 10.6 Å². The van der Waals surface area contributed by atoms with Gasteiger partial charge in [0.05, 0.1) is 26.0 Å². The Morgan fingerprint density at radius 1 is 1.32 bits per heavy atom. The fourth-order valence-electron chi connectivity index (χ4n) is 1.86. The second kappa shape index (κ2) is 6.91. The molecule has 0 unspecified atom stereocenters. The first-order chi connectivity index (χ1) is 9.24. The number of morpholine rings is 1. The minimum atomic E-state index is -0.506. The molecule has 0 saturated carbocycles. The molecule has 7 heteroatoms. The van der Waals surface area contributed by atoms with E-state index in [0.717, 1.165) is 18.0 Å². The largest absolute Gasteiger partial charge is 0.467 e. The molecule has 3 N–H and O–H groups in total. The van der Waals surface area contributed by atoms with Crippen molar-refractivity contribution in [3.05, 3.63) is 24.2 Å². The van der Waals surface area contributed by atoms with Crippen LogP contribution in [-0.2, 0) is 16.1 Å². The number of urea groups is 1. The van der Waals surface area contributed by atoms with Crippen LogP contribution in [0.5, 0.6) is 0 Å². The summed E-state index contributed by atoms with van der Waals surface area (Å²) in [4.78, 5) is 24.2. The number of furan rings is 1. The maximum absolute atomic E-state index is 11.6. The van der Waals surface area contributed by atoms with Gasteiger partial charge in [0.1, 0.15) is 18.8 Å². The van der Waals surface area contributed by atoms with Crippen LogP contribution in [0.2, 0.25) is 0 Å². The van der Waals surface area contributed by atoms with Gasteiger partial charge in [-0.3, -0.25) is 10.1 Å². The van der Waals surface area contributed by atoms with Gasteiger partial charge >= 0.3 is 6.03 Å². The van der Waals surface area contributed by atoms with Gasteiger partial charge in [-0.15, -0.1) is 0 Å². The van der Waals surface area contributed by atoms with Crippen LogP contribution in [0.3, 0.4) is 0 Å². The highest BCUT2D eigenvalue weighted by molar-refractivity contribution is 5.94. The van der Waals surface area contributed by atoms with Gasteiger partial charge in [-0.25, -0.2) is 4.79 Å². The Morgan fingerprint density at radius 3 is 2.79 bits per heavy atom. The minimum absolute atomic E-state index is 0.260. The summed E-state index contributed by atoms with van der Waals surface area (Å²) < 4.78 is 10.3. The molecule has 2 heterocycles. The number of hydrogen-bond acceptors (Lipinski definition) is 4. The van der Waals surface area contributed by atoms with Gasteiger partial charge in [-0.1, -0.05) is 0 Å². The number of rotatable bonds is 4. The van der Waals surface area contributed by atoms with Crippen molar-refractivity contribution in [2.24, 2.45) is 0 Å². The molecule has 0 bridgehead atoms. The molecule has 0 aliphatic carbocycles. The van der Waals surface area contributed by atoms with Crippen molar-refractivity contribution < 1.29 is 23.6 Å². The summed E-state index contributed by atoms with van der Waals surface area (Å²) in [6, 6.07) is 2.98. The van der Waals surface area contributed by atoms with Gasteiger partial charge in [0.2, 0.25) is 0 Å². The molecule has 1 aromatic rings. The van der Waals surface area contributed by atoms with Crippen molar-refractivity contribution in [3.8, 4) is 0 Å². The highest BCUT2D eigenvalue weighted by Gasteiger charge is 2.18. The Bertz CT molecular complexity index is 413. The Kier molecular flexibility index (Phi) is 4.93. The fraction of sp³-hybridized carbons (Fsp3) is 0.500. The third-order valence-electron chi connectivity index (χ3n) is 2.87. The zero-order chi connectivity index (χ0) is 13.5.